The van der Waals surface area contributed by atoms with E-state index in [1.54, 1.807) is 0 Å². The predicted molar refractivity (Wildman–Crippen MR) is 130 cm³/mol. The van der Waals surface area contributed by atoms with Crippen LogP contribution in [0.4, 0.5) is 0 Å². The fourth-order valence-electron chi connectivity index (χ4n) is 5.73. The zero-order valence-corrected chi connectivity index (χ0v) is 18.8. The van der Waals surface area contributed by atoms with Gasteiger partial charge in [0.1, 0.15) is 0 Å². The molecule has 0 bridgehead atoms. The molecule has 0 aromatic heterocycles. The molecular weight excluding hydrogens is 392 g/mol. The number of amides is 1. The Bertz CT molecular complexity index is 1050. The van der Waals surface area contributed by atoms with Crippen LogP contribution in [0.5, 0.6) is 0 Å². The molecule has 5 rings (SSSR count). The summed E-state index contributed by atoms with van der Waals surface area (Å²) in [5.74, 6) is 1.03. The van der Waals surface area contributed by atoms with Crippen LogP contribution in [0.2, 0.25) is 0 Å². The van der Waals surface area contributed by atoms with E-state index in [1.807, 2.05) is 0 Å². The van der Waals surface area contributed by atoms with Gasteiger partial charge < -0.3 is 10.2 Å². The van der Waals surface area contributed by atoms with Crippen molar-refractivity contribution in [3.05, 3.63) is 107 Å². The van der Waals surface area contributed by atoms with E-state index in [4.69, 9.17) is 0 Å². The Hall–Kier alpha value is -2.91. The molecule has 0 spiro atoms. The van der Waals surface area contributed by atoms with Gasteiger partial charge in [0, 0.05) is 25.6 Å². The second-order valence-corrected chi connectivity index (χ2v) is 9.32. The monoisotopic (exact) mass is 424 g/mol. The predicted octanol–water partition coefficient (Wildman–Crippen LogP) is 5.45. The van der Waals surface area contributed by atoms with Crippen molar-refractivity contribution in [1.29, 1.82) is 0 Å². The molecule has 2 heterocycles. The van der Waals surface area contributed by atoms with Gasteiger partial charge in [-0.1, -0.05) is 84.9 Å². The first kappa shape index (κ1) is 21.0. The van der Waals surface area contributed by atoms with E-state index in [-0.39, 0.29) is 17.9 Å². The summed E-state index contributed by atoms with van der Waals surface area (Å²) in [6.07, 6.45) is 2.00. The lowest BCUT2D eigenvalue weighted by molar-refractivity contribution is -0.139. The third kappa shape index (κ3) is 4.10. The van der Waals surface area contributed by atoms with Gasteiger partial charge in [-0.15, -0.1) is 0 Å². The second kappa shape index (κ2) is 9.30. The standard InChI is InChI=1S/C29H32N2O/c1-21-10-8-9-15-25(21)26-19-30-20-27(26)29(32)31-17-16-24(22-11-4-2-5-12-22)18-28(31)23-13-6-3-7-14-23/h2-15,24,26-28,30H,16-20H2,1H3/t24?,26-,27+,28?/m0/s1. The quantitative estimate of drug-likeness (QED) is 0.604. The van der Waals surface area contributed by atoms with Crippen molar-refractivity contribution in [1.82, 2.24) is 10.2 Å². The van der Waals surface area contributed by atoms with E-state index in [0.29, 0.717) is 11.8 Å². The molecule has 164 valence electrons. The van der Waals surface area contributed by atoms with Crippen molar-refractivity contribution in [3.8, 4) is 0 Å². The summed E-state index contributed by atoms with van der Waals surface area (Å²) in [6, 6.07) is 30.1. The first-order valence-electron chi connectivity index (χ1n) is 11.9. The molecule has 3 heteroatoms. The minimum absolute atomic E-state index is 0.00409. The van der Waals surface area contributed by atoms with Gasteiger partial charge in [-0.3, -0.25) is 4.79 Å². The topological polar surface area (TPSA) is 32.3 Å². The summed E-state index contributed by atoms with van der Waals surface area (Å²) >= 11 is 0. The highest BCUT2D eigenvalue weighted by atomic mass is 16.2. The maximum Gasteiger partial charge on any atom is 0.228 e. The Morgan fingerprint density at radius 2 is 1.50 bits per heavy atom. The fourth-order valence-corrected chi connectivity index (χ4v) is 5.73. The van der Waals surface area contributed by atoms with Gasteiger partial charge in [0.05, 0.1) is 12.0 Å². The molecule has 3 nitrogen and oxygen atoms in total. The van der Waals surface area contributed by atoms with Crippen molar-refractivity contribution in [2.24, 2.45) is 5.92 Å². The third-order valence-electron chi connectivity index (χ3n) is 7.46. The lowest BCUT2D eigenvalue weighted by Gasteiger charge is -2.42. The number of hydrogen-bond donors (Lipinski definition) is 1. The zero-order valence-electron chi connectivity index (χ0n) is 18.8. The highest BCUT2D eigenvalue weighted by Crippen LogP contribution is 2.41. The Kier molecular flexibility index (Phi) is 6.09. The number of rotatable bonds is 4. The molecule has 1 amide bonds. The van der Waals surface area contributed by atoms with Crippen molar-refractivity contribution >= 4 is 5.91 Å². The maximum absolute atomic E-state index is 14.0. The van der Waals surface area contributed by atoms with Gasteiger partial charge in [0.2, 0.25) is 5.91 Å². The SMILES string of the molecule is Cc1ccccc1[C@@H]1CNC[C@H]1C(=O)N1CCC(c2ccccc2)CC1c1ccccc1. The summed E-state index contributed by atoms with van der Waals surface area (Å²) in [7, 11) is 0. The van der Waals surface area contributed by atoms with Crippen LogP contribution in [0.3, 0.4) is 0 Å². The lowest BCUT2D eigenvalue weighted by Crippen LogP contribution is -2.45. The normalized spacial score (nSPS) is 25.6. The molecule has 2 saturated heterocycles. The highest BCUT2D eigenvalue weighted by Gasteiger charge is 2.41. The third-order valence-corrected chi connectivity index (χ3v) is 7.46. The van der Waals surface area contributed by atoms with Crippen LogP contribution < -0.4 is 5.32 Å². The minimum Gasteiger partial charge on any atom is -0.335 e. The number of carbonyl (C=O) groups excluding carboxylic acids is 1. The van der Waals surface area contributed by atoms with Gasteiger partial charge in [-0.25, -0.2) is 0 Å². The summed E-state index contributed by atoms with van der Waals surface area (Å²) in [4.78, 5) is 16.2. The molecule has 2 aliphatic heterocycles. The average Bonchev–Trinajstić information content (AvgIpc) is 3.34. The summed E-state index contributed by atoms with van der Waals surface area (Å²) in [5, 5.41) is 3.51. The Morgan fingerprint density at radius 3 is 2.22 bits per heavy atom. The van der Waals surface area contributed by atoms with Crippen LogP contribution in [-0.4, -0.2) is 30.4 Å². The molecule has 3 aromatic carbocycles. The lowest BCUT2D eigenvalue weighted by atomic mass is 9.80. The number of aryl methyl sites for hydroxylation is 1. The van der Waals surface area contributed by atoms with Gasteiger partial charge >= 0.3 is 0 Å². The Balaban J connectivity index is 1.43. The van der Waals surface area contributed by atoms with Gasteiger partial charge in [0.25, 0.3) is 0 Å². The van der Waals surface area contributed by atoms with Crippen LogP contribution in [0, 0.1) is 12.8 Å². The van der Waals surface area contributed by atoms with Gasteiger partial charge in [0.15, 0.2) is 0 Å². The number of nitrogens with one attached hydrogen (secondary N) is 1. The Morgan fingerprint density at radius 1 is 0.844 bits per heavy atom. The van der Waals surface area contributed by atoms with Crippen LogP contribution in [0.25, 0.3) is 0 Å². The first-order valence-corrected chi connectivity index (χ1v) is 11.9. The largest absolute Gasteiger partial charge is 0.335 e. The number of piperidine rings is 1. The fraction of sp³-hybridized carbons (Fsp3) is 0.345. The maximum atomic E-state index is 14.0. The summed E-state index contributed by atoms with van der Waals surface area (Å²) in [5.41, 5.74) is 5.23. The van der Waals surface area contributed by atoms with E-state index in [9.17, 15) is 4.79 Å². The smallest absolute Gasteiger partial charge is 0.228 e. The minimum atomic E-state index is -0.00409. The molecular formula is C29H32N2O. The number of carbonyl (C=O) groups is 1. The second-order valence-electron chi connectivity index (χ2n) is 9.32. The van der Waals surface area contributed by atoms with Crippen LogP contribution >= 0.6 is 0 Å². The van der Waals surface area contributed by atoms with Gasteiger partial charge in [-0.2, -0.15) is 0 Å². The van der Waals surface area contributed by atoms with Crippen molar-refractivity contribution in [2.45, 2.75) is 37.6 Å². The number of likely N-dealkylation sites (tertiary alicyclic amines) is 1. The molecule has 0 radical (unpaired) electrons. The van der Waals surface area contributed by atoms with E-state index in [2.05, 4.69) is 102 Å². The highest BCUT2D eigenvalue weighted by molar-refractivity contribution is 5.81. The van der Waals surface area contributed by atoms with E-state index in [1.165, 1.54) is 22.3 Å². The van der Waals surface area contributed by atoms with Gasteiger partial charge in [-0.05, 0) is 47.9 Å². The van der Waals surface area contributed by atoms with E-state index < -0.39 is 0 Å². The first-order chi connectivity index (χ1) is 15.7. The molecule has 2 fully saturated rings. The molecule has 2 aliphatic rings. The molecule has 0 aliphatic carbocycles. The summed E-state index contributed by atoms with van der Waals surface area (Å²) < 4.78 is 0. The number of nitrogens with zero attached hydrogens (tertiary/aromatic N) is 1. The molecule has 3 aromatic rings. The summed E-state index contributed by atoms with van der Waals surface area (Å²) in [6.45, 7) is 4.61. The van der Waals surface area contributed by atoms with E-state index in [0.717, 1.165) is 32.5 Å². The molecule has 4 atom stereocenters. The molecule has 2 unspecified atom stereocenters. The van der Waals surface area contributed by atoms with Crippen LogP contribution in [-0.2, 0) is 4.79 Å². The number of hydrogen-bond acceptors (Lipinski definition) is 2. The van der Waals surface area contributed by atoms with E-state index >= 15 is 0 Å². The number of benzene rings is 3. The van der Waals surface area contributed by atoms with Crippen molar-refractivity contribution in [3.63, 3.8) is 0 Å². The van der Waals surface area contributed by atoms with Crippen molar-refractivity contribution in [2.75, 3.05) is 19.6 Å². The van der Waals surface area contributed by atoms with Crippen LogP contribution in [0.1, 0.15) is 53.0 Å². The Labute approximate surface area is 191 Å². The average molecular weight is 425 g/mol. The van der Waals surface area contributed by atoms with Crippen LogP contribution in [0.15, 0.2) is 84.9 Å². The molecule has 1 N–H and O–H groups in total. The molecule has 0 saturated carbocycles. The zero-order chi connectivity index (χ0) is 21.9. The molecule has 32 heavy (non-hydrogen) atoms. The van der Waals surface area contributed by atoms with Crippen molar-refractivity contribution < 1.29 is 4.79 Å².